The Morgan fingerprint density at radius 1 is 1.26 bits per heavy atom. The Labute approximate surface area is 107 Å². The first-order valence-corrected chi connectivity index (χ1v) is 5.85. The van der Waals surface area contributed by atoms with E-state index in [1.165, 1.54) is 12.1 Å². The van der Waals surface area contributed by atoms with Crippen molar-refractivity contribution in [1.29, 1.82) is 0 Å². The summed E-state index contributed by atoms with van der Waals surface area (Å²) in [6.45, 7) is 1.81. The molecule has 3 rings (SSSR count). The van der Waals surface area contributed by atoms with Gasteiger partial charge >= 0.3 is 0 Å². The highest BCUT2D eigenvalue weighted by molar-refractivity contribution is 5.94. The van der Waals surface area contributed by atoms with E-state index in [0.29, 0.717) is 11.4 Å². The van der Waals surface area contributed by atoms with E-state index < -0.39 is 11.6 Å². The first kappa shape index (κ1) is 11.8. The molecule has 0 saturated carbocycles. The van der Waals surface area contributed by atoms with E-state index in [9.17, 15) is 13.6 Å². The highest BCUT2D eigenvalue weighted by Crippen LogP contribution is 2.38. The SMILES string of the molecule is Cc1[nH]nc2c1C(c1cc(F)cc(F)c1)CC(=O)N2. The molecule has 0 saturated heterocycles. The van der Waals surface area contributed by atoms with E-state index in [2.05, 4.69) is 15.5 Å². The number of aromatic nitrogens is 2. The molecule has 0 bridgehead atoms. The molecule has 0 radical (unpaired) electrons. The third-order valence-corrected chi connectivity index (χ3v) is 3.28. The van der Waals surface area contributed by atoms with Gasteiger partial charge in [0.05, 0.1) is 0 Å². The summed E-state index contributed by atoms with van der Waals surface area (Å²) in [4.78, 5) is 11.6. The maximum Gasteiger partial charge on any atom is 0.226 e. The van der Waals surface area contributed by atoms with Crippen LogP contribution >= 0.6 is 0 Å². The van der Waals surface area contributed by atoms with Crippen LogP contribution in [-0.2, 0) is 4.79 Å². The second-order valence-electron chi connectivity index (χ2n) is 4.62. The summed E-state index contributed by atoms with van der Waals surface area (Å²) in [5.74, 6) is -1.46. The largest absolute Gasteiger partial charge is 0.309 e. The van der Waals surface area contributed by atoms with Gasteiger partial charge in [0.25, 0.3) is 0 Å². The number of halogens is 2. The third kappa shape index (κ3) is 1.99. The van der Waals surface area contributed by atoms with Crippen molar-refractivity contribution in [3.05, 3.63) is 46.7 Å². The molecule has 4 nitrogen and oxygen atoms in total. The molecule has 2 N–H and O–H groups in total. The average molecular weight is 263 g/mol. The summed E-state index contributed by atoms with van der Waals surface area (Å²) >= 11 is 0. The Morgan fingerprint density at radius 2 is 1.95 bits per heavy atom. The lowest BCUT2D eigenvalue weighted by Crippen LogP contribution is -2.23. The second-order valence-corrected chi connectivity index (χ2v) is 4.62. The summed E-state index contributed by atoms with van der Waals surface area (Å²) in [6, 6.07) is 3.32. The molecule has 1 atom stereocenters. The number of nitrogens with zero attached hydrogens (tertiary/aromatic N) is 1. The van der Waals surface area contributed by atoms with Crippen LogP contribution in [0, 0.1) is 18.6 Å². The van der Waals surface area contributed by atoms with Crippen LogP contribution in [0.2, 0.25) is 0 Å². The Balaban J connectivity index is 2.14. The molecule has 2 heterocycles. The highest BCUT2D eigenvalue weighted by atomic mass is 19.1. The topological polar surface area (TPSA) is 57.8 Å². The van der Waals surface area contributed by atoms with E-state index in [4.69, 9.17) is 0 Å². The molecule has 19 heavy (non-hydrogen) atoms. The maximum atomic E-state index is 13.3. The number of rotatable bonds is 1. The smallest absolute Gasteiger partial charge is 0.226 e. The zero-order valence-electron chi connectivity index (χ0n) is 10.1. The molecule has 1 aliphatic rings. The molecule has 1 aromatic carbocycles. The fourth-order valence-corrected chi connectivity index (χ4v) is 2.49. The van der Waals surface area contributed by atoms with Crippen LogP contribution in [0.3, 0.4) is 0 Å². The molecule has 0 spiro atoms. The Morgan fingerprint density at radius 3 is 2.63 bits per heavy atom. The zero-order valence-corrected chi connectivity index (χ0v) is 10.1. The molecule has 1 aromatic heterocycles. The number of hydrogen-bond acceptors (Lipinski definition) is 2. The molecule has 0 aliphatic carbocycles. The lowest BCUT2D eigenvalue weighted by molar-refractivity contribution is -0.116. The van der Waals surface area contributed by atoms with Crippen molar-refractivity contribution in [2.75, 3.05) is 5.32 Å². The number of hydrogen-bond donors (Lipinski definition) is 2. The fraction of sp³-hybridized carbons (Fsp3) is 0.231. The number of nitrogens with one attached hydrogen (secondary N) is 2. The van der Waals surface area contributed by atoms with E-state index in [-0.39, 0.29) is 18.2 Å². The van der Waals surface area contributed by atoms with Crippen LogP contribution in [0.4, 0.5) is 14.6 Å². The number of benzene rings is 1. The second kappa shape index (κ2) is 4.15. The van der Waals surface area contributed by atoms with Crippen LogP contribution in [-0.4, -0.2) is 16.1 Å². The standard InChI is InChI=1S/C13H11F2N3O/c1-6-12-10(5-11(19)16-13(12)18-17-6)7-2-8(14)4-9(15)3-7/h2-4,10H,5H2,1H3,(H2,16,17,18,19). The van der Waals surface area contributed by atoms with Crippen LogP contribution in [0.1, 0.15) is 29.2 Å². The van der Waals surface area contributed by atoms with Gasteiger partial charge in [-0.05, 0) is 24.6 Å². The van der Waals surface area contributed by atoms with E-state index in [0.717, 1.165) is 17.3 Å². The summed E-state index contributed by atoms with van der Waals surface area (Å²) in [6.07, 6.45) is 0.149. The van der Waals surface area contributed by atoms with Crippen molar-refractivity contribution in [2.45, 2.75) is 19.3 Å². The van der Waals surface area contributed by atoms with Crippen molar-refractivity contribution in [2.24, 2.45) is 0 Å². The van der Waals surface area contributed by atoms with Crippen molar-refractivity contribution in [3.8, 4) is 0 Å². The van der Waals surface area contributed by atoms with Crippen LogP contribution < -0.4 is 5.32 Å². The van der Waals surface area contributed by atoms with Gasteiger partial charge in [-0.15, -0.1) is 0 Å². The minimum absolute atomic E-state index is 0.149. The fourth-order valence-electron chi connectivity index (χ4n) is 2.49. The molecule has 6 heteroatoms. The van der Waals surface area contributed by atoms with E-state index in [1.54, 1.807) is 0 Å². The average Bonchev–Trinajstić information content (AvgIpc) is 2.68. The lowest BCUT2D eigenvalue weighted by Gasteiger charge is -2.23. The lowest BCUT2D eigenvalue weighted by atomic mass is 9.86. The monoisotopic (exact) mass is 263 g/mol. The zero-order chi connectivity index (χ0) is 13.6. The third-order valence-electron chi connectivity index (χ3n) is 3.28. The van der Waals surface area contributed by atoms with Crippen molar-refractivity contribution >= 4 is 11.7 Å². The predicted octanol–water partition coefficient (Wildman–Crippen LogP) is 2.47. The molecular formula is C13H11F2N3O. The number of anilines is 1. The van der Waals surface area contributed by atoms with Gasteiger partial charge in [0.15, 0.2) is 5.82 Å². The number of carbonyl (C=O) groups is 1. The van der Waals surface area contributed by atoms with Gasteiger partial charge < -0.3 is 5.32 Å². The predicted molar refractivity (Wildman–Crippen MR) is 64.8 cm³/mol. The van der Waals surface area contributed by atoms with Crippen LogP contribution in [0.15, 0.2) is 18.2 Å². The quantitative estimate of drug-likeness (QED) is 0.830. The molecule has 1 amide bonds. The first-order valence-electron chi connectivity index (χ1n) is 5.85. The molecular weight excluding hydrogens is 252 g/mol. The maximum absolute atomic E-state index is 13.3. The van der Waals surface area contributed by atoms with Gasteiger partial charge in [-0.25, -0.2) is 8.78 Å². The summed E-state index contributed by atoms with van der Waals surface area (Å²) in [5.41, 5.74) is 2.01. The molecule has 98 valence electrons. The molecule has 2 aromatic rings. The van der Waals surface area contributed by atoms with Gasteiger partial charge in [0.2, 0.25) is 5.91 Å². The Bertz CT molecular complexity index is 646. The number of aryl methyl sites for hydroxylation is 1. The molecule has 1 aliphatic heterocycles. The number of aromatic amines is 1. The molecule has 0 fully saturated rings. The van der Waals surface area contributed by atoms with Gasteiger partial charge in [-0.3, -0.25) is 9.89 Å². The molecule has 1 unspecified atom stereocenters. The normalized spacial score (nSPS) is 18.1. The van der Waals surface area contributed by atoms with E-state index in [1.807, 2.05) is 6.92 Å². The number of carbonyl (C=O) groups excluding carboxylic acids is 1. The first-order chi connectivity index (χ1) is 9.04. The number of amides is 1. The number of fused-ring (bicyclic) bond motifs is 1. The summed E-state index contributed by atoms with van der Waals surface area (Å²) in [7, 11) is 0. The van der Waals surface area contributed by atoms with Crippen LogP contribution in [0.5, 0.6) is 0 Å². The van der Waals surface area contributed by atoms with Gasteiger partial charge in [-0.2, -0.15) is 5.10 Å². The van der Waals surface area contributed by atoms with Crippen LogP contribution in [0.25, 0.3) is 0 Å². The van der Waals surface area contributed by atoms with Crippen molar-refractivity contribution in [3.63, 3.8) is 0 Å². The summed E-state index contributed by atoms with van der Waals surface area (Å²) in [5, 5.41) is 9.40. The minimum atomic E-state index is -0.649. The number of H-pyrrole nitrogens is 1. The van der Waals surface area contributed by atoms with Crippen molar-refractivity contribution in [1.82, 2.24) is 10.2 Å². The Kier molecular flexibility index (Phi) is 2.58. The highest BCUT2D eigenvalue weighted by Gasteiger charge is 2.30. The minimum Gasteiger partial charge on any atom is -0.309 e. The van der Waals surface area contributed by atoms with Gasteiger partial charge in [-0.1, -0.05) is 0 Å². The Hall–Kier alpha value is -2.24. The van der Waals surface area contributed by atoms with Gasteiger partial charge in [0.1, 0.15) is 11.6 Å². The van der Waals surface area contributed by atoms with Crippen molar-refractivity contribution < 1.29 is 13.6 Å². The van der Waals surface area contributed by atoms with Gasteiger partial charge in [0, 0.05) is 29.7 Å². The van der Waals surface area contributed by atoms with E-state index >= 15 is 0 Å². The summed E-state index contributed by atoms with van der Waals surface area (Å²) < 4.78 is 26.6.